The normalized spacial score (nSPS) is 9.86. The fourth-order valence-corrected chi connectivity index (χ4v) is 1.90. The van der Waals surface area contributed by atoms with E-state index in [1.807, 2.05) is 0 Å². The molecule has 1 aromatic rings. The summed E-state index contributed by atoms with van der Waals surface area (Å²) in [7, 11) is 0. The highest BCUT2D eigenvalue weighted by molar-refractivity contribution is 9.11. The first-order valence-electron chi connectivity index (χ1n) is 3.39. The van der Waals surface area contributed by atoms with Crippen molar-refractivity contribution in [3.05, 3.63) is 32.2 Å². The molecule has 0 unspecified atom stereocenters. The Hall–Kier alpha value is -0.880. The van der Waals surface area contributed by atoms with Crippen LogP contribution in [0, 0.1) is 0 Å². The Morgan fingerprint density at radius 3 is 1.43 bits per heavy atom. The number of rotatable bonds is 2. The lowest BCUT2D eigenvalue weighted by molar-refractivity contribution is 0.0679. The third-order valence-electron chi connectivity index (χ3n) is 1.52. The lowest BCUT2D eigenvalue weighted by Gasteiger charge is -2.03. The SMILES string of the molecule is O=C(O)c1cc(Br)c(C(=O)O)cc1Br. The Labute approximate surface area is 95.8 Å². The average Bonchev–Trinajstić information content (AvgIpc) is 2.07. The minimum Gasteiger partial charge on any atom is -0.478 e. The van der Waals surface area contributed by atoms with Gasteiger partial charge in [0.15, 0.2) is 0 Å². The molecule has 0 heterocycles. The van der Waals surface area contributed by atoms with Crippen LogP contribution in [0.4, 0.5) is 0 Å². The topological polar surface area (TPSA) is 74.6 Å². The van der Waals surface area contributed by atoms with Crippen LogP contribution in [0.3, 0.4) is 0 Å². The molecule has 2 N–H and O–H groups in total. The maximum atomic E-state index is 10.7. The highest BCUT2D eigenvalue weighted by atomic mass is 79.9. The van der Waals surface area contributed by atoms with Crippen molar-refractivity contribution in [3.63, 3.8) is 0 Å². The van der Waals surface area contributed by atoms with E-state index in [-0.39, 0.29) is 20.1 Å². The second-order valence-corrected chi connectivity index (χ2v) is 4.13. The van der Waals surface area contributed by atoms with E-state index in [1.165, 1.54) is 12.1 Å². The maximum absolute atomic E-state index is 10.7. The minimum atomic E-state index is -1.12. The highest BCUT2D eigenvalue weighted by Gasteiger charge is 2.15. The third kappa shape index (κ3) is 2.13. The van der Waals surface area contributed by atoms with Gasteiger partial charge in [0.2, 0.25) is 0 Å². The number of benzene rings is 1. The van der Waals surface area contributed by atoms with Crippen LogP contribution in [0.15, 0.2) is 21.1 Å². The molecule has 1 rings (SSSR count). The summed E-state index contributed by atoms with van der Waals surface area (Å²) in [5.74, 6) is -2.23. The Bertz CT molecular complexity index is 374. The van der Waals surface area contributed by atoms with Gasteiger partial charge in [0.05, 0.1) is 11.1 Å². The third-order valence-corrected chi connectivity index (χ3v) is 2.83. The van der Waals surface area contributed by atoms with Crippen molar-refractivity contribution >= 4 is 43.8 Å². The molecule has 4 nitrogen and oxygen atoms in total. The minimum absolute atomic E-state index is 0.0156. The Morgan fingerprint density at radius 2 is 1.21 bits per heavy atom. The fourth-order valence-electron chi connectivity index (χ4n) is 0.875. The van der Waals surface area contributed by atoms with Crippen LogP contribution in [0.25, 0.3) is 0 Å². The van der Waals surface area contributed by atoms with Gasteiger partial charge in [-0.05, 0) is 44.0 Å². The van der Waals surface area contributed by atoms with E-state index < -0.39 is 11.9 Å². The summed E-state index contributed by atoms with van der Waals surface area (Å²) < 4.78 is 0.483. The Balaban J connectivity index is 3.38. The zero-order valence-electron chi connectivity index (χ0n) is 6.62. The Morgan fingerprint density at radius 1 is 0.929 bits per heavy atom. The first-order valence-corrected chi connectivity index (χ1v) is 4.97. The van der Waals surface area contributed by atoms with Crippen molar-refractivity contribution in [1.82, 2.24) is 0 Å². The summed E-state index contributed by atoms with van der Waals surface area (Å²) in [6.07, 6.45) is 0. The lowest BCUT2D eigenvalue weighted by atomic mass is 10.1. The van der Waals surface area contributed by atoms with Crippen molar-refractivity contribution in [2.75, 3.05) is 0 Å². The molecule has 1 aromatic carbocycles. The van der Waals surface area contributed by atoms with Gasteiger partial charge in [-0.2, -0.15) is 0 Å². The van der Waals surface area contributed by atoms with E-state index >= 15 is 0 Å². The number of aromatic carboxylic acids is 2. The quantitative estimate of drug-likeness (QED) is 0.877. The number of carboxylic acids is 2. The zero-order chi connectivity index (χ0) is 10.9. The molecule has 0 atom stereocenters. The van der Waals surface area contributed by atoms with Crippen LogP contribution < -0.4 is 0 Å². The van der Waals surface area contributed by atoms with Crippen LogP contribution in [0.2, 0.25) is 0 Å². The van der Waals surface area contributed by atoms with Gasteiger partial charge in [-0.1, -0.05) is 0 Å². The summed E-state index contributed by atoms with van der Waals surface area (Å²) in [4.78, 5) is 21.3. The van der Waals surface area contributed by atoms with Crippen LogP contribution in [-0.2, 0) is 0 Å². The largest absolute Gasteiger partial charge is 0.478 e. The van der Waals surface area contributed by atoms with Crippen molar-refractivity contribution in [3.8, 4) is 0 Å². The molecule has 74 valence electrons. The standard InChI is InChI=1S/C8H4Br2O4/c9-5-1-3(7(11)12)6(10)2-4(5)8(13)14/h1-2H,(H,11,12)(H,13,14). The first-order chi connectivity index (χ1) is 6.43. The molecule has 0 saturated carbocycles. The van der Waals surface area contributed by atoms with Gasteiger partial charge in [0.1, 0.15) is 0 Å². The molecule has 0 saturated heterocycles. The molecule has 14 heavy (non-hydrogen) atoms. The molecule has 0 spiro atoms. The van der Waals surface area contributed by atoms with Crippen LogP contribution in [0.5, 0.6) is 0 Å². The molecule has 0 bridgehead atoms. The van der Waals surface area contributed by atoms with Crippen molar-refractivity contribution in [2.45, 2.75) is 0 Å². The van der Waals surface area contributed by atoms with Gasteiger partial charge in [-0.25, -0.2) is 9.59 Å². The summed E-state index contributed by atoms with van der Waals surface area (Å²) in [5, 5.41) is 17.4. The maximum Gasteiger partial charge on any atom is 0.336 e. The summed E-state index contributed by atoms with van der Waals surface area (Å²) in [6, 6.07) is 2.49. The number of halogens is 2. The molecule has 0 aliphatic rings. The smallest absolute Gasteiger partial charge is 0.336 e. The molecule has 0 amide bonds. The molecule has 0 fully saturated rings. The fraction of sp³-hybridized carbons (Fsp3) is 0. The van der Waals surface area contributed by atoms with E-state index in [9.17, 15) is 9.59 Å². The van der Waals surface area contributed by atoms with Gasteiger partial charge >= 0.3 is 11.9 Å². The van der Waals surface area contributed by atoms with Gasteiger partial charge in [0, 0.05) is 8.95 Å². The molecule has 0 aliphatic carbocycles. The lowest BCUT2D eigenvalue weighted by Crippen LogP contribution is -2.03. The first kappa shape index (κ1) is 11.2. The van der Waals surface area contributed by atoms with Crippen LogP contribution in [-0.4, -0.2) is 22.2 Å². The van der Waals surface area contributed by atoms with E-state index in [2.05, 4.69) is 31.9 Å². The molecule has 0 aliphatic heterocycles. The van der Waals surface area contributed by atoms with E-state index in [1.54, 1.807) is 0 Å². The predicted octanol–water partition coefficient (Wildman–Crippen LogP) is 2.61. The average molecular weight is 324 g/mol. The van der Waals surface area contributed by atoms with E-state index in [0.29, 0.717) is 0 Å². The summed E-state index contributed by atoms with van der Waals surface area (Å²) in [6.45, 7) is 0. The number of carboxylic acid groups (broad SMARTS) is 2. The van der Waals surface area contributed by atoms with E-state index in [0.717, 1.165) is 0 Å². The van der Waals surface area contributed by atoms with Crippen LogP contribution in [0.1, 0.15) is 20.7 Å². The molecule has 0 radical (unpaired) electrons. The van der Waals surface area contributed by atoms with E-state index in [4.69, 9.17) is 10.2 Å². The van der Waals surface area contributed by atoms with Gasteiger partial charge in [0.25, 0.3) is 0 Å². The van der Waals surface area contributed by atoms with Crippen molar-refractivity contribution < 1.29 is 19.8 Å². The zero-order valence-corrected chi connectivity index (χ0v) is 9.79. The van der Waals surface area contributed by atoms with Gasteiger partial charge in [-0.3, -0.25) is 0 Å². The van der Waals surface area contributed by atoms with Gasteiger partial charge < -0.3 is 10.2 Å². The Kier molecular flexibility index (Phi) is 3.28. The number of hydrogen-bond acceptors (Lipinski definition) is 2. The second kappa shape index (κ2) is 4.10. The van der Waals surface area contributed by atoms with Crippen molar-refractivity contribution in [1.29, 1.82) is 0 Å². The second-order valence-electron chi connectivity index (χ2n) is 2.42. The molecule has 6 heteroatoms. The predicted molar refractivity (Wildman–Crippen MR) is 55.8 cm³/mol. The molecule has 0 aromatic heterocycles. The highest BCUT2D eigenvalue weighted by Crippen LogP contribution is 2.26. The monoisotopic (exact) mass is 322 g/mol. The number of hydrogen-bond donors (Lipinski definition) is 2. The molecular formula is C8H4Br2O4. The summed E-state index contributed by atoms with van der Waals surface area (Å²) >= 11 is 5.97. The number of carbonyl (C=O) groups is 2. The molecular weight excluding hydrogens is 320 g/mol. The van der Waals surface area contributed by atoms with Crippen molar-refractivity contribution in [2.24, 2.45) is 0 Å². The van der Waals surface area contributed by atoms with Gasteiger partial charge in [-0.15, -0.1) is 0 Å². The summed E-state index contributed by atoms with van der Waals surface area (Å²) in [5.41, 5.74) is 0.0313. The van der Waals surface area contributed by atoms with Crippen LogP contribution >= 0.6 is 31.9 Å².